The SMILES string of the molecule is CNCC(=O)NC1CCN(C=O)C1. The van der Waals surface area contributed by atoms with Crippen molar-refractivity contribution in [2.45, 2.75) is 12.5 Å². The topological polar surface area (TPSA) is 61.4 Å². The highest BCUT2D eigenvalue weighted by Crippen LogP contribution is 2.05. The number of carbonyl (C=O) groups is 2. The van der Waals surface area contributed by atoms with E-state index in [2.05, 4.69) is 10.6 Å². The lowest BCUT2D eigenvalue weighted by molar-refractivity contribution is -0.121. The molecule has 1 aliphatic rings. The van der Waals surface area contributed by atoms with E-state index in [9.17, 15) is 9.59 Å². The number of nitrogens with zero attached hydrogens (tertiary/aromatic N) is 1. The molecule has 0 aromatic rings. The van der Waals surface area contributed by atoms with E-state index in [1.54, 1.807) is 11.9 Å². The van der Waals surface area contributed by atoms with Gasteiger partial charge >= 0.3 is 0 Å². The van der Waals surface area contributed by atoms with Crippen LogP contribution in [0.1, 0.15) is 6.42 Å². The third-order valence-corrected chi connectivity index (χ3v) is 2.07. The van der Waals surface area contributed by atoms with Gasteiger partial charge < -0.3 is 15.5 Å². The molecule has 0 bridgehead atoms. The summed E-state index contributed by atoms with van der Waals surface area (Å²) in [6.07, 6.45) is 1.68. The molecule has 74 valence electrons. The van der Waals surface area contributed by atoms with E-state index in [4.69, 9.17) is 0 Å². The van der Waals surface area contributed by atoms with E-state index >= 15 is 0 Å². The number of likely N-dealkylation sites (tertiary alicyclic amines) is 1. The highest BCUT2D eigenvalue weighted by Gasteiger charge is 2.21. The summed E-state index contributed by atoms with van der Waals surface area (Å²) >= 11 is 0. The number of rotatable bonds is 4. The zero-order valence-corrected chi connectivity index (χ0v) is 7.75. The van der Waals surface area contributed by atoms with Crippen molar-refractivity contribution in [1.29, 1.82) is 0 Å². The van der Waals surface area contributed by atoms with Gasteiger partial charge in [0.2, 0.25) is 12.3 Å². The monoisotopic (exact) mass is 185 g/mol. The van der Waals surface area contributed by atoms with Gasteiger partial charge in [0.25, 0.3) is 0 Å². The van der Waals surface area contributed by atoms with Crippen LogP contribution in [0.5, 0.6) is 0 Å². The average Bonchev–Trinajstić information content (AvgIpc) is 2.52. The molecule has 5 nitrogen and oxygen atoms in total. The number of nitrogens with one attached hydrogen (secondary N) is 2. The summed E-state index contributed by atoms with van der Waals surface area (Å²) in [5.41, 5.74) is 0. The highest BCUT2D eigenvalue weighted by atomic mass is 16.2. The molecule has 0 saturated carbocycles. The first-order valence-corrected chi connectivity index (χ1v) is 4.39. The molecule has 0 aromatic heterocycles. The largest absolute Gasteiger partial charge is 0.350 e. The first-order valence-electron chi connectivity index (χ1n) is 4.39. The van der Waals surface area contributed by atoms with E-state index in [-0.39, 0.29) is 11.9 Å². The predicted molar refractivity (Wildman–Crippen MR) is 48.1 cm³/mol. The van der Waals surface area contributed by atoms with Gasteiger partial charge in [-0.3, -0.25) is 9.59 Å². The fourth-order valence-electron chi connectivity index (χ4n) is 1.44. The molecule has 0 spiro atoms. The first-order chi connectivity index (χ1) is 6.26. The third-order valence-electron chi connectivity index (χ3n) is 2.07. The van der Waals surface area contributed by atoms with Crippen LogP contribution in [0.25, 0.3) is 0 Å². The van der Waals surface area contributed by atoms with Crippen LogP contribution >= 0.6 is 0 Å². The Morgan fingerprint density at radius 2 is 2.46 bits per heavy atom. The fourth-order valence-corrected chi connectivity index (χ4v) is 1.44. The molecule has 5 heteroatoms. The Balaban J connectivity index is 2.23. The number of carbonyl (C=O) groups excluding carboxylic acids is 2. The Morgan fingerprint density at radius 1 is 1.69 bits per heavy atom. The molecule has 1 unspecified atom stereocenters. The van der Waals surface area contributed by atoms with Gasteiger partial charge in [0.1, 0.15) is 0 Å². The summed E-state index contributed by atoms with van der Waals surface area (Å²) in [5, 5.41) is 5.61. The van der Waals surface area contributed by atoms with Crippen molar-refractivity contribution in [3.8, 4) is 0 Å². The van der Waals surface area contributed by atoms with Crippen LogP contribution in [0.2, 0.25) is 0 Å². The van der Waals surface area contributed by atoms with Gasteiger partial charge in [0.05, 0.1) is 6.54 Å². The summed E-state index contributed by atoms with van der Waals surface area (Å²) in [5.74, 6) is -0.0137. The van der Waals surface area contributed by atoms with E-state index in [0.29, 0.717) is 13.1 Å². The Hall–Kier alpha value is -1.10. The van der Waals surface area contributed by atoms with Gasteiger partial charge in [-0.15, -0.1) is 0 Å². The summed E-state index contributed by atoms with van der Waals surface area (Å²) in [6, 6.07) is 0.131. The molecule has 13 heavy (non-hydrogen) atoms. The first kappa shape index (κ1) is 9.98. The van der Waals surface area contributed by atoms with Crippen LogP contribution in [0, 0.1) is 0 Å². The lowest BCUT2D eigenvalue weighted by Crippen LogP contribution is -2.40. The third kappa shape index (κ3) is 3.02. The Labute approximate surface area is 77.5 Å². The van der Waals surface area contributed by atoms with E-state index in [1.807, 2.05) is 0 Å². The molecule has 0 aliphatic carbocycles. The second kappa shape index (κ2) is 4.81. The summed E-state index contributed by atoms with van der Waals surface area (Å²) in [4.78, 5) is 23.1. The van der Waals surface area contributed by atoms with Crippen LogP contribution in [0.3, 0.4) is 0 Å². The molecule has 1 heterocycles. The molecular formula is C8H15N3O2. The average molecular weight is 185 g/mol. The normalized spacial score (nSPS) is 21.6. The van der Waals surface area contributed by atoms with Crippen molar-refractivity contribution in [2.24, 2.45) is 0 Å². The summed E-state index contributed by atoms with van der Waals surface area (Å²) < 4.78 is 0. The number of hydrogen-bond donors (Lipinski definition) is 2. The Kier molecular flexibility index (Phi) is 3.70. The second-order valence-electron chi connectivity index (χ2n) is 3.18. The summed E-state index contributed by atoms with van der Waals surface area (Å²) in [7, 11) is 1.73. The number of likely N-dealkylation sites (N-methyl/N-ethyl adjacent to an activating group) is 1. The summed E-state index contributed by atoms with van der Waals surface area (Å²) in [6.45, 7) is 1.71. The molecule has 1 fully saturated rings. The molecular weight excluding hydrogens is 170 g/mol. The van der Waals surface area contributed by atoms with Crippen LogP contribution in [0.4, 0.5) is 0 Å². The van der Waals surface area contributed by atoms with Gasteiger partial charge in [-0.25, -0.2) is 0 Å². The van der Waals surface area contributed by atoms with Crippen molar-refractivity contribution in [1.82, 2.24) is 15.5 Å². The maximum atomic E-state index is 11.1. The quantitative estimate of drug-likeness (QED) is 0.527. The van der Waals surface area contributed by atoms with Crippen LogP contribution in [0.15, 0.2) is 0 Å². The lowest BCUT2D eigenvalue weighted by Gasteiger charge is -2.12. The maximum absolute atomic E-state index is 11.1. The predicted octanol–water partition coefficient (Wildman–Crippen LogP) is -1.45. The molecule has 2 amide bonds. The lowest BCUT2D eigenvalue weighted by atomic mass is 10.2. The van der Waals surface area contributed by atoms with Crippen molar-refractivity contribution in [3.05, 3.63) is 0 Å². The zero-order chi connectivity index (χ0) is 9.68. The minimum Gasteiger partial charge on any atom is -0.350 e. The Morgan fingerprint density at radius 3 is 3.00 bits per heavy atom. The van der Waals surface area contributed by atoms with E-state index < -0.39 is 0 Å². The smallest absolute Gasteiger partial charge is 0.234 e. The zero-order valence-electron chi connectivity index (χ0n) is 7.75. The molecule has 0 radical (unpaired) electrons. The van der Waals surface area contributed by atoms with Gasteiger partial charge in [-0.2, -0.15) is 0 Å². The van der Waals surface area contributed by atoms with Gasteiger partial charge in [-0.1, -0.05) is 0 Å². The molecule has 1 rings (SSSR count). The molecule has 0 aromatic carbocycles. The fraction of sp³-hybridized carbons (Fsp3) is 0.750. The number of amides is 2. The van der Waals surface area contributed by atoms with Crippen LogP contribution in [-0.4, -0.2) is 49.9 Å². The highest BCUT2D eigenvalue weighted by molar-refractivity contribution is 5.78. The van der Waals surface area contributed by atoms with Gasteiger partial charge in [-0.05, 0) is 13.5 Å². The molecule has 2 N–H and O–H groups in total. The standard InChI is InChI=1S/C8H15N3O2/c1-9-4-8(13)10-7-2-3-11(5-7)6-12/h6-7,9H,2-5H2,1H3,(H,10,13). The number of hydrogen-bond acceptors (Lipinski definition) is 3. The van der Waals surface area contributed by atoms with Crippen molar-refractivity contribution < 1.29 is 9.59 Å². The van der Waals surface area contributed by atoms with Crippen molar-refractivity contribution >= 4 is 12.3 Å². The van der Waals surface area contributed by atoms with Crippen LogP contribution < -0.4 is 10.6 Å². The van der Waals surface area contributed by atoms with Crippen molar-refractivity contribution in [2.75, 3.05) is 26.7 Å². The van der Waals surface area contributed by atoms with E-state index in [0.717, 1.165) is 19.4 Å². The maximum Gasteiger partial charge on any atom is 0.234 e. The van der Waals surface area contributed by atoms with Crippen molar-refractivity contribution in [3.63, 3.8) is 0 Å². The molecule has 1 aliphatic heterocycles. The van der Waals surface area contributed by atoms with Gasteiger partial charge in [0.15, 0.2) is 0 Å². The van der Waals surface area contributed by atoms with Gasteiger partial charge in [0, 0.05) is 19.1 Å². The van der Waals surface area contributed by atoms with Crippen LogP contribution in [-0.2, 0) is 9.59 Å². The van der Waals surface area contributed by atoms with E-state index in [1.165, 1.54) is 0 Å². The molecule has 1 atom stereocenters. The minimum absolute atomic E-state index is 0.0137. The second-order valence-corrected chi connectivity index (χ2v) is 3.18. The minimum atomic E-state index is -0.0137. The Bertz CT molecular complexity index is 196. The molecule has 1 saturated heterocycles.